The zero-order chi connectivity index (χ0) is 37.2. The van der Waals surface area contributed by atoms with Crippen LogP contribution < -0.4 is 0 Å². The van der Waals surface area contributed by atoms with Crippen LogP contribution in [0.3, 0.4) is 0 Å². The Bertz CT molecular complexity index is 1290. The lowest BCUT2D eigenvalue weighted by Gasteiger charge is -2.72. The Kier molecular flexibility index (Phi) is 11.1. The number of hydrogen-bond donors (Lipinski definition) is 6. The zero-order valence-corrected chi connectivity index (χ0v) is 31.4. The minimum atomic E-state index is -1.87. The molecule has 50 heavy (non-hydrogen) atoms. The number of hydroxylamine groups is 2. The zero-order valence-electron chi connectivity index (χ0n) is 31.4. The van der Waals surface area contributed by atoms with E-state index in [9.17, 15) is 35.1 Å². The highest BCUT2D eigenvalue weighted by Crippen LogP contribution is 2.77. The number of aliphatic hydroxyl groups excluding tert-OH is 5. The molecule has 6 N–H and O–H groups in total. The third-order valence-electron chi connectivity index (χ3n) is 16.0. The number of allylic oxidation sites excluding steroid dienone is 1. The van der Waals surface area contributed by atoms with Gasteiger partial charge in [0.15, 0.2) is 6.23 Å². The average Bonchev–Trinajstić information content (AvgIpc) is 3.46. The molecule has 0 aromatic rings. The molecule has 14 atom stereocenters. The summed E-state index contributed by atoms with van der Waals surface area (Å²) in [7, 11) is 1.23. The highest BCUT2D eigenvalue weighted by atomic mass is 16.7. The highest BCUT2D eigenvalue weighted by molar-refractivity contribution is 5.76. The Morgan fingerprint density at radius 3 is 2.14 bits per heavy atom. The SMILES string of the molecule is C=C(C)[C@@H]1CC[C@]2(C(=O)O)CC[C@]3(C)C(CCC4[C@@]5(C)CC[C@H](OC(=O)CN(OC)[C@H](O)[C@H](O)C(O)[C@H](O)CCO)C(C)(C)C5CC[C@]43C)C12. The quantitative estimate of drug-likeness (QED) is 0.0739. The Morgan fingerprint density at radius 2 is 1.54 bits per heavy atom. The number of carboxylic acid groups (broad SMARTS) is 1. The van der Waals surface area contributed by atoms with Gasteiger partial charge in [-0.15, -0.1) is 5.06 Å². The van der Waals surface area contributed by atoms with Crippen molar-refractivity contribution in [3.05, 3.63) is 12.2 Å². The molecule has 11 heteroatoms. The number of aliphatic carboxylic acids is 1. The molecule has 0 aromatic heterocycles. The van der Waals surface area contributed by atoms with Crippen LogP contribution in [0.4, 0.5) is 0 Å². The van der Waals surface area contributed by atoms with Gasteiger partial charge in [0, 0.05) is 12.0 Å². The topological polar surface area (TPSA) is 177 Å². The van der Waals surface area contributed by atoms with Crippen LogP contribution in [-0.2, 0) is 19.2 Å². The molecule has 5 unspecified atom stereocenters. The Morgan fingerprint density at radius 1 is 0.860 bits per heavy atom. The van der Waals surface area contributed by atoms with E-state index in [1.165, 1.54) is 7.11 Å². The predicted octanol–water partition coefficient (Wildman–Crippen LogP) is 4.29. The van der Waals surface area contributed by atoms with Crippen LogP contribution in [0.2, 0.25) is 0 Å². The van der Waals surface area contributed by atoms with E-state index in [0.29, 0.717) is 24.2 Å². The number of rotatable bonds is 12. The molecule has 0 heterocycles. The van der Waals surface area contributed by atoms with Gasteiger partial charge in [-0.05, 0) is 123 Å². The Hall–Kier alpha value is -1.60. The maximum absolute atomic E-state index is 13.3. The first-order valence-corrected chi connectivity index (χ1v) is 19.0. The molecule has 5 saturated carbocycles. The molecule has 5 fully saturated rings. The second-order valence-corrected chi connectivity index (χ2v) is 18.2. The maximum Gasteiger partial charge on any atom is 0.323 e. The summed E-state index contributed by atoms with van der Waals surface area (Å²) in [5, 5.41) is 61.8. The lowest BCUT2D eigenvalue weighted by molar-refractivity contribution is -0.268. The number of fused-ring (bicyclic) bond motifs is 7. The number of carboxylic acids is 1. The summed E-state index contributed by atoms with van der Waals surface area (Å²) in [6, 6.07) is 0. The summed E-state index contributed by atoms with van der Waals surface area (Å²) < 4.78 is 6.13. The van der Waals surface area contributed by atoms with E-state index in [0.717, 1.165) is 68.4 Å². The number of carbonyl (C=O) groups excluding carboxylic acids is 1. The van der Waals surface area contributed by atoms with Gasteiger partial charge in [-0.1, -0.05) is 46.8 Å². The van der Waals surface area contributed by atoms with E-state index in [1.54, 1.807) is 0 Å². The summed E-state index contributed by atoms with van der Waals surface area (Å²) in [5.74, 6) is 0.247. The monoisotopic (exact) mass is 707 g/mol. The van der Waals surface area contributed by atoms with Crippen molar-refractivity contribution in [2.75, 3.05) is 20.3 Å². The van der Waals surface area contributed by atoms with E-state index in [-0.39, 0.29) is 46.0 Å². The van der Waals surface area contributed by atoms with Crippen molar-refractivity contribution < 1.29 is 49.8 Å². The van der Waals surface area contributed by atoms with Crippen molar-refractivity contribution in [1.82, 2.24) is 5.06 Å². The van der Waals surface area contributed by atoms with E-state index in [4.69, 9.17) is 14.7 Å². The van der Waals surface area contributed by atoms with Gasteiger partial charge < -0.3 is 35.4 Å². The summed E-state index contributed by atoms with van der Waals surface area (Å²) in [6.45, 7) is 17.4. The second-order valence-electron chi connectivity index (χ2n) is 18.2. The molecular weight excluding hydrogens is 642 g/mol. The van der Waals surface area contributed by atoms with E-state index < -0.39 is 55.0 Å². The van der Waals surface area contributed by atoms with E-state index in [1.807, 2.05) is 0 Å². The lowest BCUT2D eigenvalue weighted by Crippen LogP contribution is -2.67. The predicted molar refractivity (Wildman–Crippen MR) is 186 cm³/mol. The molecule has 0 amide bonds. The molecule has 5 rings (SSSR count). The minimum Gasteiger partial charge on any atom is -0.481 e. The van der Waals surface area contributed by atoms with Gasteiger partial charge >= 0.3 is 11.9 Å². The third-order valence-corrected chi connectivity index (χ3v) is 16.0. The summed E-state index contributed by atoms with van der Waals surface area (Å²) in [4.78, 5) is 31.5. The fourth-order valence-corrected chi connectivity index (χ4v) is 13.2. The fraction of sp³-hybridized carbons (Fsp3) is 0.897. The number of hydrogen-bond acceptors (Lipinski definition) is 10. The van der Waals surface area contributed by atoms with Crippen molar-refractivity contribution in [3.63, 3.8) is 0 Å². The Balaban J connectivity index is 1.31. The molecule has 0 aromatic carbocycles. The molecule has 0 aliphatic heterocycles. The van der Waals surface area contributed by atoms with Crippen LogP contribution in [0.1, 0.15) is 112 Å². The highest BCUT2D eigenvalue weighted by Gasteiger charge is 2.72. The van der Waals surface area contributed by atoms with Crippen LogP contribution in [0.5, 0.6) is 0 Å². The number of carbonyl (C=O) groups is 2. The van der Waals surface area contributed by atoms with Gasteiger partial charge in [0.1, 0.15) is 24.9 Å². The molecule has 0 radical (unpaired) electrons. The van der Waals surface area contributed by atoms with Gasteiger partial charge in [0.2, 0.25) is 0 Å². The number of esters is 1. The fourth-order valence-electron chi connectivity index (χ4n) is 13.2. The average molecular weight is 708 g/mol. The first kappa shape index (κ1) is 39.6. The molecular formula is C39H65NO10. The van der Waals surface area contributed by atoms with Crippen molar-refractivity contribution in [3.8, 4) is 0 Å². The van der Waals surface area contributed by atoms with Gasteiger partial charge in [-0.2, -0.15) is 0 Å². The molecule has 11 nitrogen and oxygen atoms in total. The maximum atomic E-state index is 13.3. The van der Waals surface area contributed by atoms with Crippen LogP contribution in [0.15, 0.2) is 12.2 Å². The normalized spacial score (nSPS) is 43.0. The summed E-state index contributed by atoms with van der Waals surface area (Å²) in [5.41, 5.74) is 0.241. The van der Waals surface area contributed by atoms with E-state index >= 15 is 0 Å². The van der Waals surface area contributed by atoms with Gasteiger partial charge in [0.25, 0.3) is 0 Å². The van der Waals surface area contributed by atoms with Gasteiger partial charge in [-0.25, -0.2) is 0 Å². The van der Waals surface area contributed by atoms with Crippen molar-refractivity contribution >= 4 is 11.9 Å². The standard InChI is InChI=1S/C39H65NO10/c1-22(2)23-11-17-39(34(47)48)19-18-37(6)24(30(23)39)9-10-27-36(5)15-13-28(35(3,4)26(36)12-16-38(27,37)7)50-29(43)21-40(49-8)33(46)32(45)31(44)25(42)14-20-41/h23-28,30-33,41-42,44-46H,1,9-21H2,2-8H3,(H,47,48)/t23-,24?,25+,26?,27?,28-,30?,31?,32+,33+,36-,37+,38+,39-/m0/s1. The van der Waals surface area contributed by atoms with Crippen LogP contribution in [0.25, 0.3) is 0 Å². The summed E-state index contributed by atoms with van der Waals surface area (Å²) in [6.07, 6.45) is 1.58. The smallest absolute Gasteiger partial charge is 0.323 e. The second kappa shape index (κ2) is 14.0. The molecule has 5 aliphatic rings. The van der Waals surface area contributed by atoms with Gasteiger partial charge in [0.05, 0.1) is 18.6 Å². The molecule has 286 valence electrons. The third kappa shape index (κ3) is 5.99. The lowest BCUT2D eigenvalue weighted by atomic mass is 9.32. The van der Waals surface area contributed by atoms with Gasteiger partial charge in [-0.3, -0.25) is 14.4 Å². The van der Waals surface area contributed by atoms with Crippen LogP contribution in [-0.4, -0.2) is 98.5 Å². The number of ether oxygens (including phenoxy) is 1. The van der Waals surface area contributed by atoms with Crippen molar-refractivity contribution in [2.45, 2.75) is 143 Å². The van der Waals surface area contributed by atoms with Crippen LogP contribution in [0, 0.1) is 56.7 Å². The minimum absolute atomic E-state index is 0.0164. The number of aliphatic hydroxyl groups is 5. The summed E-state index contributed by atoms with van der Waals surface area (Å²) >= 11 is 0. The molecule has 0 saturated heterocycles. The largest absolute Gasteiger partial charge is 0.481 e. The van der Waals surface area contributed by atoms with Crippen LogP contribution >= 0.6 is 0 Å². The number of nitrogens with zero attached hydrogens (tertiary/aromatic N) is 1. The molecule has 0 spiro atoms. The Labute approximate surface area is 298 Å². The molecule has 0 bridgehead atoms. The van der Waals surface area contributed by atoms with Crippen molar-refractivity contribution in [2.24, 2.45) is 56.7 Å². The molecule has 5 aliphatic carbocycles. The first-order valence-electron chi connectivity index (χ1n) is 19.0. The van der Waals surface area contributed by atoms with E-state index in [2.05, 4.69) is 48.1 Å². The van der Waals surface area contributed by atoms with Crippen molar-refractivity contribution in [1.29, 1.82) is 0 Å². The first-order chi connectivity index (χ1) is 23.3.